The fourth-order valence-corrected chi connectivity index (χ4v) is 3.56. The minimum absolute atomic E-state index is 0.162. The molecule has 0 aliphatic rings. The van der Waals surface area contributed by atoms with Crippen LogP contribution in [0.15, 0.2) is 60.8 Å². The van der Waals surface area contributed by atoms with Crippen LogP contribution in [0, 0.1) is 0 Å². The number of H-pyrrole nitrogens is 1. The van der Waals surface area contributed by atoms with E-state index < -0.39 is 6.04 Å². The molecule has 0 saturated carbocycles. The first-order valence-electron chi connectivity index (χ1n) is 10.5. The van der Waals surface area contributed by atoms with E-state index in [1.54, 1.807) is 0 Å². The molecule has 1 unspecified atom stereocenters. The van der Waals surface area contributed by atoms with Crippen molar-refractivity contribution in [1.82, 2.24) is 15.6 Å². The number of amides is 2. The zero-order valence-corrected chi connectivity index (χ0v) is 17.2. The average molecular weight is 407 g/mol. The molecule has 2 amide bonds. The van der Waals surface area contributed by atoms with Gasteiger partial charge in [0.1, 0.15) is 6.04 Å². The van der Waals surface area contributed by atoms with E-state index in [4.69, 9.17) is 5.73 Å². The second-order valence-corrected chi connectivity index (χ2v) is 7.46. The van der Waals surface area contributed by atoms with Crippen LogP contribution in [0.4, 0.5) is 0 Å². The summed E-state index contributed by atoms with van der Waals surface area (Å²) < 4.78 is 0. The molecule has 158 valence electrons. The smallest absolute Gasteiger partial charge is 0.242 e. The van der Waals surface area contributed by atoms with E-state index in [-0.39, 0.29) is 24.8 Å². The summed E-state index contributed by atoms with van der Waals surface area (Å²) in [5.74, 6) is -0.369. The van der Waals surface area contributed by atoms with Gasteiger partial charge in [-0.25, -0.2) is 0 Å². The molecule has 30 heavy (non-hydrogen) atoms. The third-order valence-electron chi connectivity index (χ3n) is 5.16. The number of aryl methyl sites for hydroxylation is 1. The monoisotopic (exact) mass is 406 g/mol. The molecule has 3 aromatic rings. The van der Waals surface area contributed by atoms with E-state index in [1.165, 1.54) is 5.56 Å². The van der Waals surface area contributed by atoms with Gasteiger partial charge in [-0.05, 0) is 36.5 Å². The van der Waals surface area contributed by atoms with Gasteiger partial charge in [-0.2, -0.15) is 0 Å². The van der Waals surface area contributed by atoms with Crippen molar-refractivity contribution in [3.63, 3.8) is 0 Å². The van der Waals surface area contributed by atoms with Crippen LogP contribution in [-0.4, -0.2) is 35.9 Å². The standard InChI is InChI=1S/C24H30N4O2/c25-14-13-23(29)28-22(16-19-17-27-21-12-5-4-11-20(19)21)24(30)26-15-7-6-10-18-8-2-1-3-9-18/h1-5,8-9,11-12,17,22,27H,6-7,10,13-16,25H2,(H,26,30)(H,28,29). The average Bonchev–Trinajstić information content (AvgIpc) is 3.17. The SMILES string of the molecule is NCCC(=O)NC(Cc1c[nH]c2ccccc12)C(=O)NCCCCc1ccccc1. The Bertz CT molecular complexity index is 952. The first-order valence-corrected chi connectivity index (χ1v) is 10.5. The maximum atomic E-state index is 12.8. The Morgan fingerprint density at radius 1 is 1.00 bits per heavy atom. The number of unbranched alkanes of at least 4 members (excludes halogenated alkanes) is 1. The second kappa shape index (κ2) is 11.2. The predicted octanol–water partition coefficient (Wildman–Crippen LogP) is 2.68. The van der Waals surface area contributed by atoms with Crippen LogP contribution in [0.2, 0.25) is 0 Å². The van der Waals surface area contributed by atoms with Crippen LogP contribution in [0.1, 0.15) is 30.4 Å². The number of aromatic amines is 1. The number of nitrogens with two attached hydrogens (primary N) is 1. The lowest BCUT2D eigenvalue weighted by molar-refractivity contribution is -0.128. The van der Waals surface area contributed by atoms with Gasteiger partial charge >= 0.3 is 0 Å². The van der Waals surface area contributed by atoms with Crippen LogP contribution >= 0.6 is 0 Å². The number of fused-ring (bicyclic) bond motifs is 1. The first kappa shape index (κ1) is 21.6. The molecule has 0 radical (unpaired) electrons. The van der Waals surface area contributed by atoms with Gasteiger partial charge in [0.25, 0.3) is 0 Å². The first-order chi connectivity index (χ1) is 14.7. The molecule has 0 fully saturated rings. The van der Waals surface area contributed by atoms with Crippen LogP contribution in [0.25, 0.3) is 10.9 Å². The molecule has 0 aliphatic heterocycles. The summed E-state index contributed by atoms with van der Waals surface area (Å²) in [5.41, 5.74) is 8.81. The highest BCUT2D eigenvalue weighted by Gasteiger charge is 2.22. The number of benzene rings is 2. The number of rotatable bonds is 11. The zero-order chi connectivity index (χ0) is 21.2. The zero-order valence-electron chi connectivity index (χ0n) is 17.2. The number of aromatic nitrogens is 1. The summed E-state index contributed by atoms with van der Waals surface area (Å²) in [6, 6.07) is 17.6. The lowest BCUT2D eigenvalue weighted by Crippen LogP contribution is -2.48. The topological polar surface area (TPSA) is 100 Å². The molecule has 3 rings (SSSR count). The Morgan fingerprint density at radius 3 is 2.57 bits per heavy atom. The second-order valence-electron chi connectivity index (χ2n) is 7.46. The minimum Gasteiger partial charge on any atom is -0.361 e. The van der Waals surface area contributed by atoms with Gasteiger partial charge in [0.05, 0.1) is 0 Å². The minimum atomic E-state index is -0.627. The van der Waals surface area contributed by atoms with Crippen molar-refractivity contribution < 1.29 is 9.59 Å². The molecule has 5 N–H and O–H groups in total. The lowest BCUT2D eigenvalue weighted by atomic mass is 10.0. The molecular weight excluding hydrogens is 376 g/mol. The number of carbonyl (C=O) groups excluding carboxylic acids is 2. The van der Waals surface area contributed by atoms with Gasteiger partial charge in [-0.3, -0.25) is 9.59 Å². The van der Waals surface area contributed by atoms with Crippen LogP contribution in [-0.2, 0) is 22.4 Å². The number of para-hydroxylation sites is 1. The summed E-state index contributed by atoms with van der Waals surface area (Å²) in [6.07, 6.45) is 5.40. The molecule has 0 bridgehead atoms. The molecule has 6 heteroatoms. The molecule has 0 saturated heterocycles. The molecule has 1 aromatic heterocycles. The van der Waals surface area contributed by atoms with Crippen molar-refractivity contribution in [2.24, 2.45) is 5.73 Å². The Kier molecular flexibility index (Phi) is 8.03. The van der Waals surface area contributed by atoms with Crippen LogP contribution < -0.4 is 16.4 Å². The van der Waals surface area contributed by atoms with Gasteiger partial charge in [0.15, 0.2) is 0 Å². The molecule has 1 heterocycles. The van der Waals surface area contributed by atoms with E-state index >= 15 is 0 Å². The molecule has 1 atom stereocenters. The van der Waals surface area contributed by atoms with Gasteiger partial charge in [-0.1, -0.05) is 48.5 Å². The number of carbonyl (C=O) groups is 2. The van der Waals surface area contributed by atoms with E-state index in [1.807, 2.05) is 48.7 Å². The number of hydrogen-bond acceptors (Lipinski definition) is 3. The van der Waals surface area contributed by atoms with Gasteiger partial charge in [-0.15, -0.1) is 0 Å². The summed E-state index contributed by atoms with van der Waals surface area (Å²) in [4.78, 5) is 28.1. The fraction of sp³-hybridized carbons (Fsp3) is 0.333. The van der Waals surface area contributed by atoms with Crippen LogP contribution in [0.5, 0.6) is 0 Å². The Hall–Kier alpha value is -3.12. The lowest BCUT2D eigenvalue weighted by Gasteiger charge is -2.18. The summed E-state index contributed by atoms with van der Waals surface area (Å²) in [7, 11) is 0. The largest absolute Gasteiger partial charge is 0.361 e. The van der Waals surface area contributed by atoms with E-state index in [0.29, 0.717) is 13.0 Å². The van der Waals surface area contributed by atoms with E-state index in [0.717, 1.165) is 35.7 Å². The predicted molar refractivity (Wildman–Crippen MR) is 120 cm³/mol. The summed E-state index contributed by atoms with van der Waals surface area (Å²) in [6.45, 7) is 0.843. The van der Waals surface area contributed by atoms with Crippen molar-refractivity contribution in [3.8, 4) is 0 Å². The maximum absolute atomic E-state index is 12.8. The summed E-state index contributed by atoms with van der Waals surface area (Å²) in [5, 5.41) is 6.89. The highest BCUT2D eigenvalue weighted by Crippen LogP contribution is 2.19. The third-order valence-corrected chi connectivity index (χ3v) is 5.16. The van der Waals surface area contributed by atoms with Gasteiger partial charge in [0.2, 0.25) is 11.8 Å². The summed E-state index contributed by atoms with van der Waals surface area (Å²) >= 11 is 0. The molecule has 2 aromatic carbocycles. The Balaban J connectivity index is 1.55. The molecule has 6 nitrogen and oxygen atoms in total. The maximum Gasteiger partial charge on any atom is 0.242 e. The van der Waals surface area contributed by atoms with Crippen molar-refractivity contribution in [3.05, 3.63) is 71.9 Å². The van der Waals surface area contributed by atoms with E-state index in [2.05, 4.69) is 27.8 Å². The Labute approximate surface area is 177 Å². The number of hydrogen-bond donors (Lipinski definition) is 4. The van der Waals surface area contributed by atoms with Crippen LogP contribution in [0.3, 0.4) is 0 Å². The highest BCUT2D eigenvalue weighted by molar-refractivity contribution is 5.89. The van der Waals surface area contributed by atoms with E-state index in [9.17, 15) is 9.59 Å². The molecular formula is C24H30N4O2. The highest BCUT2D eigenvalue weighted by atomic mass is 16.2. The van der Waals surface area contributed by atoms with Crippen molar-refractivity contribution in [1.29, 1.82) is 0 Å². The fourth-order valence-electron chi connectivity index (χ4n) is 3.56. The van der Waals surface area contributed by atoms with Gasteiger partial charge in [0, 0.05) is 43.0 Å². The van der Waals surface area contributed by atoms with Crippen molar-refractivity contribution in [2.45, 2.75) is 38.1 Å². The quantitative estimate of drug-likeness (QED) is 0.368. The number of nitrogens with one attached hydrogen (secondary N) is 3. The van der Waals surface area contributed by atoms with Crippen molar-refractivity contribution in [2.75, 3.05) is 13.1 Å². The third kappa shape index (κ3) is 6.19. The Morgan fingerprint density at radius 2 is 1.77 bits per heavy atom. The van der Waals surface area contributed by atoms with Gasteiger partial charge < -0.3 is 21.4 Å². The molecule has 0 aliphatic carbocycles. The van der Waals surface area contributed by atoms with Crippen molar-refractivity contribution >= 4 is 22.7 Å². The molecule has 0 spiro atoms. The normalized spacial score (nSPS) is 11.9.